The Hall–Kier alpha value is -6.78. The summed E-state index contributed by atoms with van der Waals surface area (Å²) in [4.78, 5) is 7.91. The van der Waals surface area contributed by atoms with E-state index in [1.54, 1.807) is 0 Å². The van der Waals surface area contributed by atoms with Gasteiger partial charge in [-0.2, -0.15) is 0 Å². The minimum absolute atomic E-state index is 0.0155. The zero-order valence-electron chi connectivity index (χ0n) is 48.0. The maximum atomic E-state index is 2.74. The molecule has 2 aliphatic heterocycles. The molecule has 4 heteroatoms. The van der Waals surface area contributed by atoms with Crippen LogP contribution in [-0.2, 0) is 32.5 Å². The van der Waals surface area contributed by atoms with Gasteiger partial charge < -0.3 is 14.7 Å². The van der Waals surface area contributed by atoms with Gasteiger partial charge in [0.05, 0.1) is 5.69 Å². The lowest BCUT2D eigenvalue weighted by Crippen LogP contribution is -2.61. The first-order valence-corrected chi connectivity index (χ1v) is 28.3. The average Bonchev–Trinajstić information content (AvgIpc) is 3.88. The molecule has 8 aromatic rings. The van der Waals surface area contributed by atoms with Gasteiger partial charge in [0.25, 0.3) is 6.71 Å². The van der Waals surface area contributed by atoms with Gasteiger partial charge in [0.1, 0.15) is 0 Å². The van der Waals surface area contributed by atoms with Gasteiger partial charge >= 0.3 is 0 Å². The number of para-hydroxylation sites is 2. The second-order valence-electron chi connectivity index (χ2n) is 27.7. The molecule has 8 aromatic carbocycles. The molecule has 0 radical (unpaired) electrons. The van der Waals surface area contributed by atoms with Crippen LogP contribution in [0.15, 0.2) is 152 Å². The molecule has 0 amide bonds. The molecule has 382 valence electrons. The van der Waals surface area contributed by atoms with Crippen molar-refractivity contribution in [3.05, 3.63) is 202 Å². The van der Waals surface area contributed by atoms with Crippen molar-refractivity contribution in [3.8, 4) is 11.1 Å². The van der Waals surface area contributed by atoms with Crippen molar-refractivity contribution < 1.29 is 0 Å². The third-order valence-corrected chi connectivity index (χ3v) is 19.1. The van der Waals surface area contributed by atoms with Gasteiger partial charge in [0, 0.05) is 50.9 Å². The van der Waals surface area contributed by atoms with E-state index >= 15 is 0 Å². The number of anilines is 9. The fourth-order valence-corrected chi connectivity index (χ4v) is 15.5. The van der Waals surface area contributed by atoms with Crippen molar-refractivity contribution in [1.29, 1.82) is 0 Å². The molecule has 2 heterocycles. The van der Waals surface area contributed by atoms with Crippen molar-refractivity contribution >= 4 is 74.3 Å². The van der Waals surface area contributed by atoms with Crippen LogP contribution < -0.4 is 31.1 Å². The van der Waals surface area contributed by atoms with Gasteiger partial charge in [-0.3, -0.25) is 0 Å². The lowest BCUT2D eigenvalue weighted by atomic mass is 9.33. The monoisotopic (exact) mass is 994 g/mol. The smallest absolute Gasteiger partial charge is 0.252 e. The molecule has 76 heavy (non-hydrogen) atoms. The van der Waals surface area contributed by atoms with Crippen LogP contribution in [0.25, 0.3) is 11.1 Å². The summed E-state index contributed by atoms with van der Waals surface area (Å²) < 4.78 is 0. The predicted molar refractivity (Wildman–Crippen MR) is 327 cm³/mol. The molecule has 0 unspecified atom stereocenters. The Morgan fingerprint density at radius 3 is 1.59 bits per heavy atom. The van der Waals surface area contributed by atoms with Crippen molar-refractivity contribution in [3.63, 3.8) is 0 Å². The van der Waals surface area contributed by atoms with E-state index in [0.29, 0.717) is 0 Å². The van der Waals surface area contributed by atoms with E-state index in [9.17, 15) is 0 Å². The third kappa shape index (κ3) is 7.00. The van der Waals surface area contributed by atoms with Gasteiger partial charge in [-0.25, -0.2) is 0 Å². The van der Waals surface area contributed by atoms with Crippen molar-refractivity contribution in [2.24, 2.45) is 0 Å². The van der Waals surface area contributed by atoms with Crippen LogP contribution in [0, 0.1) is 13.8 Å². The van der Waals surface area contributed by atoms with Crippen LogP contribution >= 0.6 is 0 Å². The van der Waals surface area contributed by atoms with E-state index in [2.05, 4.69) is 270 Å². The van der Waals surface area contributed by atoms with Crippen LogP contribution in [0.3, 0.4) is 0 Å². The average molecular weight is 994 g/mol. The van der Waals surface area contributed by atoms with Gasteiger partial charge in [-0.05, 0) is 205 Å². The first-order chi connectivity index (χ1) is 35.9. The Kier molecular flexibility index (Phi) is 10.4. The maximum Gasteiger partial charge on any atom is 0.252 e. The Labute approximate surface area is 455 Å². The zero-order chi connectivity index (χ0) is 53.4. The Morgan fingerprint density at radius 1 is 0.447 bits per heavy atom. The van der Waals surface area contributed by atoms with Gasteiger partial charge in [0.15, 0.2) is 0 Å². The van der Waals surface area contributed by atoms with E-state index in [0.717, 1.165) is 23.5 Å². The quantitative estimate of drug-likeness (QED) is 0.159. The molecule has 0 saturated heterocycles. The molecule has 3 nitrogen and oxygen atoms in total. The highest BCUT2D eigenvalue weighted by molar-refractivity contribution is 7.00. The summed E-state index contributed by atoms with van der Waals surface area (Å²) in [5.74, 6) is 0. The van der Waals surface area contributed by atoms with E-state index in [-0.39, 0.29) is 39.2 Å². The second-order valence-corrected chi connectivity index (χ2v) is 27.7. The highest BCUT2D eigenvalue weighted by atomic mass is 15.2. The summed E-state index contributed by atoms with van der Waals surface area (Å²) >= 11 is 0. The summed E-state index contributed by atoms with van der Waals surface area (Å²) in [6.07, 6.45) is 3.47. The molecule has 0 saturated carbocycles. The van der Waals surface area contributed by atoms with E-state index < -0.39 is 0 Å². The molecule has 0 aromatic heterocycles. The highest BCUT2D eigenvalue weighted by Crippen LogP contribution is 2.59. The molecule has 13 rings (SSSR count). The van der Waals surface area contributed by atoms with Crippen molar-refractivity contribution in [1.82, 2.24) is 0 Å². The van der Waals surface area contributed by atoms with Crippen LogP contribution in [0.1, 0.15) is 159 Å². The molecule has 0 fully saturated rings. The number of hydrogen-bond donors (Lipinski definition) is 0. The Bertz CT molecular complexity index is 3690. The summed E-state index contributed by atoms with van der Waals surface area (Å²) in [5, 5.41) is 0. The Morgan fingerprint density at radius 2 is 0.974 bits per heavy atom. The fourth-order valence-electron chi connectivity index (χ4n) is 15.5. The molecule has 0 spiro atoms. The zero-order valence-corrected chi connectivity index (χ0v) is 48.0. The normalized spacial score (nSPS) is 18.2. The first kappa shape index (κ1) is 48.8. The SMILES string of the molecule is Cc1cc2c3c(c1)N(c1ccc(C(C)(C)C)c4c1C(C)(C)c1ccccc1-4)c1cc(N(c4ccccc4)c4ccccc4)ccc1B3c1cc3c(cc1N2c1cc2c(cc1C)C(C)(C)CCC2(C)C)C(C)(C)CC3(C)C. The predicted octanol–water partition coefficient (Wildman–Crippen LogP) is 17.8. The highest BCUT2D eigenvalue weighted by Gasteiger charge is 2.50. The number of aryl methyl sites for hydroxylation is 2. The molecule has 0 bridgehead atoms. The van der Waals surface area contributed by atoms with Crippen LogP contribution in [0.2, 0.25) is 0 Å². The molecular formula is C72H76BN3. The third-order valence-electron chi connectivity index (χ3n) is 19.1. The van der Waals surface area contributed by atoms with Gasteiger partial charge in [0.2, 0.25) is 0 Å². The van der Waals surface area contributed by atoms with Crippen LogP contribution in [0.5, 0.6) is 0 Å². The van der Waals surface area contributed by atoms with Crippen molar-refractivity contribution in [2.45, 2.75) is 156 Å². The topological polar surface area (TPSA) is 9.72 Å². The molecule has 3 aliphatic carbocycles. The standard InChI is InChI=1S/C72H76BN3/c1-44-36-62-66-63(37-44)76(59-41-54-52(38-45(59)2)68(6,7)34-35-69(54,8)9)61-42-55-53(70(10,11)43-71(55,12)13)40-57(61)73(66)56-32-30-48(74(46-24-18-16-19-25-46)47-26-20-17-21-27-47)39-60(56)75(62)58-33-31-51(67(3,4)5)64-49-28-22-23-29-50(49)72(14,15)65(58)64/h16-33,36-42H,34-35,43H2,1-15H3. The van der Waals surface area contributed by atoms with E-state index in [1.807, 2.05) is 0 Å². The molecule has 0 N–H and O–H groups in total. The second kappa shape index (κ2) is 16.1. The summed E-state index contributed by atoms with van der Waals surface area (Å²) in [6, 6.07) is 59.1. The summed E-state index contributed by atoms with van der Waals surface area (Å²) in [5.41, 5.74) is 30.5. The summed E-state index contributed by atoms with van der Waals surface area (Å²) in [6.45, 7) is 36.6. The molecular weight excluding hydrogens is 918 g/mol. The number of hydrogen-bond acceptors (Lipinski definition) is 3. The van der Waals surface area contributed by atoms with Crippen LogP contribution in [-0.4, -0.2) is 6.71 Å². The number of nitrogens with zero attached hydrogens (tertiary/aromatic N) is 3. The largest absolute Gasteiger partial charge is 0.311 e. The molecule has 5 aliphatic rings. The number of fused-ring (bicyclic) bond motifs is 9. The molecule has 0 atom stereocenters. The van der Waals surface area contributed by atoms with Crippen LogP contribution in [0.4, 0.5) is 51.2 Å². The minimum atomic E-state index is -0.278. The first-order valence-electron chi connectivity index (χ1n) is 28.3. The van der Waals surface area contributed by atoms with Gasteiger partial charge in [-0.1, -0.05) is 175 Å². The van der Waals surface area contributed by atoms with Crippen molar-refractivity contribution in [2.75, 3.05) is 14.7 Å². The van der Waals surface area contributed by atoms with E-state index in [4.69, 9.17) is 0 Å². The van der Waals surface area contributed by atoms with E-state index in [1.165, 1.54) is 125 Å². The number of rotatable bonds is 5. The summed E-state index contributed by atoms with van der Waals surface area (Å²) in [7, 11) is 0. The fraction of sp³-hybridized carbons (Fsp3) is 0.333. The minimum Gasteiger partial charge on any atom is -0.311 e. The maximum absolute atomic E-state index is 2.74. The van der Waals surface area contributed by atoms with Gasteiger partial charge in [-0.15, -0.1) is 0 Å². The lowest BCUT2D eigenvalue weighted by molar-refractivity contribution is 0.332. The Balaban J connectivity index is 1.17. The lowest BCUT2D eigenvalue weighted by Gasteiger charge is -2.47. The number of benzene rings is 8.